The molecule has 24 heavy (non-hydrogen) atoms. The summed E-state index contributed by atoms with van der Waals surface area (Å²) in [4.78, 5) is 0. The predicted octanol–water partition coefficient (Wildman–Crippen LogP) is 6.28. The molecule has 0 unspecified atom stereocenters. The summed E-state index contributed by atoms with van der Waals surface area (Å²) in [7, 11) is 0. The van der Waals surface area contributed by atoms with E-state index in [1.165, 1.54) is 0 Å². The van der Waals surface area contributed by atoms with E-state index in [-0.39, 0.29) is 0 Å². The number of halogens is 2. The summed E-state index contributed by atoms with van der Waals surface area (Å²) in [5, 5.41) is 5.40. The Kier molecular flexibility index (Phi) is 4.38. The van der Waals surface area contributed by atoms with E-state index in [2.05, 4.69) is 17.3 Å². The lowest BCUT2D eigenvalue weighted by atomic mass is 10.0. The largest absolute Gasteiger partial charge is 0.489 e. The van der Waals surface area contributed by atoms with Gasteiger partial charge in [0.15, 0.2) is 0 Å². The van der Waals surface area contributed by atoms with Crippen LogP contribution in [0, 0.1) is 0 Å². The summed E-state index contributed by atoms with van der Waals surface area (Å²) in [5.74, 6) is 2.23. The zero-order valence-corrected chi connectivity index (χ0v) is 14.6. The first-order valence-electron chi connectivity index (χ1n) is 8.16. The molecule has 2 aliphatic carbocycles. The van der Waals surface area contributed by atoms with Gasteiger partial charge in [-0.3, -0.25) is 0 Å². The summed E-state index contributed by atoms with van der Waals surface area (Å²) >= 11 is 12.7. The molecule has 2 aromatic rings. The molecule has 0 N–H and O–H groups in total. The van der Waals surface area contributed by atoms with Crippen molar-refractivity contribution in [1.82, 2.24) is 5.16 Å². The molecule has 4 rings (SSSR count). The van der Waals surface area contributed by atoms with Crippen LogP contribution in [-0.4, -0.2) is 5.16 Å². The quantitative estimate of drug-likeness (QED) is 0.628. The Morgan fingerprint density at radius 2 is 1.96 bits per heavy atom. The van der Waals surface area contributed by atoms with Gasteiger partial charge in [-0.1, -0.05) is 40.5 Å². The SMILES string of the molecule is Clc1cccc(Cl)c1-c1noc(C2CC2)c1COC1=CCCC=C1. The lowest BCUT2D eigenvalue weighted by molar-refractivity contribution is 0.207. The van der Waals surface area contributed by atoms with Crippen molar-refractivity contribution in [3.8, 4) is 11.3 Å². The molecule has 3 nitrogen and oxygen atoms in total. The van der Waals surface area contributed by atoms with Crippen LogP contribution in [0.4, 0.5) is 0 Å². The van der Waals surface area contributed by atoms with E-state index in [0.29, 0.717) is 33.8 Å². The Bertz CT molecular complexity index is 799. The molecule has 1 aromatic heterocycles. The number of nitrogens with zero attached hydrogens (tertiary/aromatic N) is 1. The molecule has 1 saturated carbocycles. The van der Waals surface area contributed by atoms with Gasteiger partial charge in [0.1, 0.15) is 23.8 Å². The predicted molar refractivity (Wildman–Crippen MR) is 95.2 cm³/mol. The number of hydrogen-bond donors (Lipinski definition) is 0. The van der Waals surface area contributed by atoms with Crippen molar-refractivity contribution in [3.05, 3.63) is 63.6 Å². The maximum atomic E-state index is 6.36. The fourth-order valence-electron chi connectivity index (χ4n) is 2.90. The van der Waals surface area contributed by atoms with Crippen molar-refractivity contribution >= 4 is 23.2 Å². The third kappa shape index (κ3) is 3.11. The summed E-state index contributed by atoms with van der Waals surface area (Å²) in [6.07, 6.45) is 10.6. The second-order valence-electron chi connectivity index (χ2n) is 6.12. The van der Waals surface area contributed by atoms with Crippen LogP contribution in [0.2, 0.25) is 10.0 Å². The number of benzene rings is 1. The van der Waals surface area contributed by atoms with Gasteiger partial charge in [0.2, 0.25) is 0 Å². The molecule has 124 valence electrons. The normalized spacial score (nSPS) is 17.0. The van der Waals surface area contributed by atoms with Crippen molar-refractivity contribution in [2.75, 3.05) is 0 Å². The number of hydrogen-bond acceptors (Lipinski definition) is 3. The molecule has 1 heterocycles. The van der Waals surface area contributed by atoms with E-state index in [4.69, 9.17) is 32.5 Å². The Morgan fingerprint density at radius 1 is 1.17 bits per heavy atom. The summed E-state index contributed by atoms with van der Waals surface area (Å²) in [6, 6.07) is 5.44. The van der Waals surface area contributed by atoms with Crippen LogP contribution in [0.3, 0.4) is 0 Å². The minimum Gasteiger partial charge on any atom is -0.489 e. The Balaban J connectivity index is 1.70. The maximum absolute atomic E-state index is 6.36. The first-order valence-corrected chi connectivity index (χ1v) is 8.92. The molecule has 1 aromatic carbocycles. The van der Waals surface area contributed by atoms with Gasteiger partial charge in [-0.15, -0.1) is 0 Å². The summed E-state index contributed by atoms with van der Waals surface area (Å²) in [5.41, 5.74) is 2.35. The van der Waals surface area contributed by atoms with Gasteiger partial charge in [0, 0.05) is 11.5 Å². The number of allylic oxidation sites excluding steroid dienone is 3. The number of rotatable bonds is 5. The van der Waals surface area contributed by atoms with Gasteiger partial charge in [0.25, 0.3) is 0 Å². The molecule has 1 fully saturated rings. The first-order chi connectivity index (χ1) is 11.7. The van der Waals surface area contributed by atoms with Gasteiger partial charge in [-0.25, -0.2) is 0 Å². The van der Waals surface area contributed by atoms with Crippen LogP contribution in [0.5, 0.6) is 0 Å². The van der Waals surface area contributed by atoms with E-state index >= 15 is 0 Å². The van der Waals surface area contributed by atoms with Crippen LogP contribution >= 0.6 is 23.2 Å². The van der Waals surface area contributed by atoms with Crippen LogP contribution < -0.4 is 0 Å². The summed E-state index contributed by atoms with van der Waals surface area (Å²) < 4.78 is 11.6. The van der Waals surface area contributed by atoms with Gasteiger partial charge in [-0.05, 0) is 50.0 Å². The standard InChI is InChI=1S/C19H17Cl2NO2/c20-15-7-4-8-16(21)17(15)18-14(19(24-22-18)12-9-10-12)11-23-13-5-2-1-3-6-13/h2,4-8,12H,1,3,9-11H2. The van der Waals surface area contributed by atoms with Crippen LogP contribution in [0.1, 0.15) is 42.9 Å². The molecule has 0 amide bonds. The van der Waals surface area contributed by atoms with Crippen LogP contribution in [0.15, 0.2) is 46.7 Å². The lowest BCUT2D eigenvalue weighted by Gasteiger charge is -2.11. The summed E-state index contributed by atoms with van der Waals surface area (Å²) in [6.45, 7) is 0.405. The van der Waals surface area contributed by atoms with Crippen molar-refractivity contribution in [2.45, 2.75) is 38.2 Å². The van der Waals surface area contributed by atoms with Crippen molar-refractivity contribution in [1.29, 1.82) is 0 Å². The van der Waals surface area contributed by atoms with Gasteiger partial charge < -0.3 is 9.26 Å². The highest BCUT2D eigenvalue weighted by atomic mass is 35.5. The van der Waals surface area contributed by atoms with Crippen molar-refractivity contribution < 1.29 is 9.26 Å². The molecule has 5 heteroatoms. The minimum atomic E-state index is 0.405. The Morgan fingerprint density at radius 3 is 2.62 bits per heavy atom. The monoisotopic (exact) mass is 361 g/mol. The average molecular weight is 362 g/mol. The molecule has 0 saturated heterocycles. The highest BCUT2D eigenvalue weighted by molar-refractivity contribution is 6.39. The topological polar surface area (TPSA) is 35.3 Å². The number of ether oxygens (including phenoxy) is 1. The highest BCUT2D eigenvalue weighted by Gasteiger charge is 2.33. The van der Waals surface area contributed by atoms with Crippen molar-refractivity contribution in [3.63, 3.8) is 0 Å². The zero-order chi connectivity index (χ0) is 16.5. The molecular formula is C19H17Cl2NO2. The van der Waals surface area contributed by atoms with Crippen LogP contribution in [-0.2, 0) is 11.3 Å². The van der Waals surface area contributed by atoms with Crippen LogP contribution in [0.25, 0.3) is 11.3 Å². The molecular weight excluding hydrogens is 345 g/mol. The Hall–Kier alpha value is -1.71. The van der Waals surface area contributed by atoms with E-state index in [1.54, 1.807) is 0 Å². The second-order valence-corrected chi connectivity index (χ2v) is 6.93. The van der Waals surface area contributed by atoms with Gasteiger partial charge in [-0.2, -0.15) is 0 Å². The Labute approximate surface area is 150 Å². The average Bonchev–Trinajstić information content (AvgIpc) is 3.35. The third-order valence-electron chi connectivity index (χ3n) is 4.31. The second kappa shape index (κ2) is 6.66. The molecule has 0 bridgehead atoms. The van der Waals surface area contributed by atoms with E-state index in [0.717, 1.165) is 42.8 Å². The molecule has 0 spiro atoms. The molecule has 0 aliphatic heterocycles. The maximum Gasteiger partial charge on any atom is 0.147 e. The zero-order valence-electron chi connectivity index (χ0n) is 13.1. The molecule has 0 radical (unpaired) electrons. The van der Waals surface area contributed by atoms with E-state index < -0.39 is 0 Å². The minimum absolute atomic E-state index is 0.405. The first kappa shape index (κ1) is 15.8. The lowest BCUT2D eigenvalue weighted by Crippen LogP contribution is -1.98. The van der Waals surface area contributed by atoms with Gasteiger partial charge >= 0.3 is 0 Å². The smallest absolute Gasteiger partial charge is 0.147 e. The highest BCUT2D eigenvalue weighted by Crippen LogP contribution is 2.46. The molecule has 0 atom stereocenters. The fourth-order valence-corrected chi connectivity index (χ4v) is 3.48. The van der Waals surface area contributed by atoms with Gasteiger partial charge in [0.05, 0.1) is 15.6 Å². The number of aromatic nitrogens is 1. The third-order valence-corrected chi connectivity index (χ3v) is 4.94. The van der Waals surface area contributed by atoms with E-state index in [1.807, 2.05) is 24.3 Å². The molecule has 2 aliphatic rings. The fraction of sp³-hybridized carbons (Fsp3) is 0.316. The van der Waals surface area contributed by atoms with Crippen molar-refractivity contribution in [2.24, 2.45) is 0 Å². The van der Waals surface area contributed by atoms with E-state index in [9.17, 15) is 0 Å².